The van der Waals surface area contributed by atoms with E-state index in [0.29, 0.717) is 5.91 Å². The molecule has 1 aliphatic carbocycles. The van der Waals surface area contributed by atoms with Crippen LogP contribution in [0.25, 0.3) is 37.4 Å². The van der Waals surface area contributed by atoms with Crippen LogP contribution in [0.5, 0.6) is 0 Å². The second kappa shape index (κ2) is 11.4. The number of piperazine rings is 1. The van der Waals surface area contributed by atoms with Crippen molar-refractivity contribution < 1.29 is 9.53 Å². The highest BCUT2D eigenvalue weighted by Crippen LogP contribution is 2.35. The summed E-state index contributed by atoms with van der Waals surface area (Å²) in [6, 6.07) is 25.7. The number of thiophene rings is 1. The van der Waals surface area contributed by atoms with Crippen molar-refractivity contribution in [3.05, 3.63) is 84.7 Å². The molecule has 6 nitrogen and oxygen atoms in total. The fourth-order valence-electron chi connectivity index (χ4n) is 6.52. The molecule has 2 aromatic carbocycles. The highest BCUT2D eigenvalue weighted by atomic mass is 32.1. The molecule has 2 aliphatic rings. The van der Waals surface area contributed by atoms with Crippen LogP contribution in [-0.4, -0.2) is 64.5 Å². The van der Waals surface area contributed by atoms with Crippen LogP contribution in [0.3, 0.4) is 0 Å². The van der Waals surface area contributed by atoms with Gasteiger partial charge in [-0.25, -0.2) is 4.98 Å². The van der Waals surface area contributed by atoms with Crippen LogP contribution in [0.15, 0.2) is 79.0 Å². The molecular weight excluding hydrogens is 528 g/mol. The largest absolute Gasteiger partial charge is 0.381 e. The van der Waals surface area contributed by atoms with E-state index < -0.39 is 0 Å². The number of hydrogen-bond acceptors (Lipinski definition) is 5. The zero-order chi connectivity index (χ0) is 27.8. The number of rotatable bonds is 6. The Bertz CT molecular complexity index is 1640. The van der Waals surface area contributed by atoms with Gasteiger partial charge in [0.05, 0.1) is 17.5 Å². The molecule has 0 unspecified atom stereocenters. The van der Waals surface area contributed by atoms with Crippen molar-refractivity contribution in [1.29, 1.82) is 0 Å². The molecule has 2 fully saturated rings. The smallest absolute Gasteiger partial charge is 0.225 e. The van der Waals surface area contributed by atoms with Gasteiger partial charge in [0.2, 0.25) is 5.91 Å². The molecule has 0 spiro atoms. The van der Waals surface area contributed by atoms with Crippen LogP contribution >= 0.6 is 11.3 Å². The standard InChI is InChI=1S/C34H36N4O2S/c1-40-28-12-7-11-26(20-28)34(39)37-18-16-36(17-19-37)23-29-33(24-8-3-2-4-9-24)35-32-15-14-27(22-38(29)32)31-21-25-10-5-6-13-30(25)41-31/h2-6,8-10,13-15,21-22,26,28H,7,11-12,16-20,23H2,1H3/t26-,28-/m0/s1. The van der Waals surface area contributed by atoms with Crippen molar-refractivity contribution >= 4 is 33.0 Å². The fourth-order valence-corrected chi connectivity index (χ4v) is 7.57. The molecule has 0 N–H and O–H groups in total. The second-order valence-electron chi connectivity index (χ2n) is 11.4. The third kappa shape index (κ3) is 5.30. The van der Waals surface area contributed by atoms with Gasteiger partial charge in [0.25, 0.3) is 0 Å². The minimum atomic E-state index is 0.107. The Balaban J connectivity index is 1.15. The summed E-state index contributed by atoms with van der Waals surface area (Å²) >= 11 is 1.83. The third-order valence-corrected chi connectivity index (χ3v) is 10.0. The number of pyridine rings is 1. The SMILES string of the molecule is CO[C@H]1CCC[C@H](C(=O)N2CCN(Cc3c(-c4ccccc4)nc4ccc(-c5cc6ccccc6s5)cn34)CC2)C1. The normalized spacial score (nSPS) is 20.2. The van der Waals surface area contributed by atoms with E-state index >= 15 is 0 Å². The van der Waals surface area contributed by atoms with Crippen molar-refractivity contribution in [2.75, 3.05) is 33.3 Å². The Kier molecular flexibility index (Phi) is 7.33. The van der Waals surface area contributed by atoms with Crippen molar-refractivity contribution in [1.82, 2.24) is 19.2 Å². The number of methoxy groups -OCH3 is 1. The summed E-state index contributed by atoms with van der Waals surface area (Å²) < 4.78 is 9.17. The lowest BCUT2D eigenvalue weighted by Crippen LogP contribution is -2.50. The Morgan fingerprint density at radius 2 is 1.76 bits per heavy atom. The topological polar surface area (TPSA) is 50.1 Å². The molecule has 1 saturated carbocycles. The van der Waals surface area contributed by atoms with Gasteiger partial charge in [-0.1, -0.05) is 55.0 Å². The Morgan fingerprint density at radius 3 is 2.56 bits per heavy atom. The predicted octanol–water partition coefficient (Wildman–Crippen LogP) is 6.73. The van der Waals surface area contributed by atoms with Gasteiger partial charge in [0.15, 0.2) is 0 Å². The van der Waals surface area contributed by atoms with Crippen molar-refractivity contribution in [3.63, 3.8) is 0 Å². The van der Waals surface area contributed by atoms with E-state index in [1.807, 2.05) is 11.3 Å². The number of hydrogen-bond donors (Lipinski definition) is 0. The summed E-state index contributed by atoms with van der Waals surface area (Å²) in [6.07, 6.45) is 6.48. The maximum Gasteiger partial charge on any atom is 0.225 e. The number of benzene rings is 2. The van der Waals surface area contributed by atoms with Gasteiger partial charge in [0, 0.05) is 72.7 Å². The number of aromatic nitrogens is 2. The molecule has 1 aliphatic heterocycles. The first kappa shape index (κ1) is 26.4. The highest BCUT2D eigenvalue weighted by molar-refractivity contribution is 7.22. The molecule has 4 heterocycles. The molecule has 5 aromatic rings. The average molecular weight is 565 g/mol. The van der Waals surface area contributed by atoms with Gasteiger partial charge < -0.3 is 14.0 Å². The lowest BCUT2D eigenvalue weighted by Gasteiger charge is -2.38. The van der Waals surface area contributed by atoms with E-state index in [1.165, 1.54) is 26.2 Å². The number of fused-ring (bicyclic) bond motifs is 2. The summed E-state index contributed by atoms with van der Waals surface area (Å²) in [5, 5.41) is 1.28. The van der Waals surface area contributed by atoms with Gasteiger partial charge in [0.1, 0.15) is 5.65 Å². The lowest BCUT2D eigenvalue weighted by molar-refractivity contribution is -0.140. The minimum absolute atomic E-state index is 0.107. The van der Waals surface area contributed by atoms with Crippen LogP contribution < -0.4 is 0 Å². The molecular formula is C34H36N4O2S. The van der Waals surface area contributed by atoms with Crippen LogP contribution in [0.2, 0.25) is 0 Å². The minimum Gasteiger partial charge on any atom is -0.381 e. The second-order valence-corrected chi connectivity index (χ2v) is 12.5. The maximum absolute atomic E-state index is 13.3. The van der Waals surface area contributed by atoms with Crippen LogP contribution in [0.4, 0.5) is 0 Å². The zero-order valence-corrected chi connectivity index (χ0v) is 24.4. The first-order valence-electron chi connectivity index (χ1n) is 14.8. The first-order chi connectivity index (χ1) is 20.2. The highest BCUT2D eigenvalue weighted by Gasteiger charge is 2.32. The molecule has 7 rings (SSSR count). The zero-order valence-electron chi connectivity index (χ0n) is 23.5. The molecule has 2 atom stereocenters. The molecule has 3 aromatic heterocycles. The molecule has 7 heteroatoms. The number of amides is 1. The van der Waals surface area contributed by atoms with E-state index in [4.69, 9.17) is 9.72 Å². The molecule has 1 saturated heterocycles. The number of ether oxygens (including phenoxy) is 1. The number of carbonyl (C=O) groups excluding carboxylic acids is 1. The summed E-state index contributed by atoms with van der Waals surface area (Å²) in [6.45, 7) is 4.07. The molecule has 210 valence electrons. The summed E-state index contributed by atoms with van der Waals surface area (Å²) in [7, 11) is 1.77. The summed E-state index contributed by atoms with van der Waals surface area (Å²) in [5.41, 5.74) is 5.53. The summed E-state index contributed by atoms with van der Waals surface area (Å²) in [4.78, 5) is 24.3. The van der Waals surface area contributed by atoms with Crippen LogP contribution in [-0.2, 0) is 16.1 Å². The predicted molar refractivity (Wildman–Crippen MR) is 166 cm³/mol. The van der Waals surface area contributed by atoms with Crippen LogP contribution in [0.1, 0.15) is 31.4 Å². The Hall–Kier alpha value is -3.52. The molecule has 0 radical (unpaired) electrons. The van der Waals surface area contributed by atoms with Crippen molar-refractivity contribution in [2.45, 2.75) is 38.3 Å². The van der Waals surface area contributed by atoms with E-state index in [1.54, 1.807) is 7.11 Å². The van der Waals surface area contributed by atoms with Gasteiger partial charge in [-0.05, 0) is 48.9 Å². The van der Waals surface area contributed by atoms with Gasteiger partial charge in [-0.2, -0.15) is 0 Å². The van der Waals surface area contributed by atoms with E-state index in [2.05, 4.69) is 93.2 Å². The fraction of sp³-hybridized carbons (Fsp3) is 0.353. The third-order valence-electron chi connectivity index (χ3n) is 8.84. The average Bonchev–Trinajstić information content (AvgIpc) is 3.63. The summed E-state index contributed by atoms with van der Waals surface area (Å²) in [5.74, 6) is 0.426. The van der Waals surface area contributed by atoms with E-state index in [0.717, 1.165) is 75.3 Å². The molecule has 41 heavy (non-hydrogen) atoms. The maximum atomic E-state index is 13.3. The monoisotopic (exact) mass is 564 g/mol. The van der Waals surface area contributed by atoms with Crippen LogP contribution in [0, 0.1) is 5.92 Å². The quantitative estimate of drug-likeness (QED) is 0.229. The number of carbonyl (C=O) groups is 1. The molecule has 0 bridgehead atoms. The van der Waals surface area contributed by atoms with Gasteiger partial charge >= 0.3 is 0 Å². The first-order valence-corrected chi connectivity index (χ1v) is 15.6. The van der Waals surface area contributed by atoms with E-state index in [9.17, 15) is 4.79 Å². The number of imidazole rings is 1. The molecule has 1 amide bonds. The van der Waals surface area contributed by atoms with E-state index in [-0.39, 0.29) is 12.0 Å². The Morgan fingerprint density at radius 1 is 0.951 bits per heavy atom. The lowest BCUT2D eigenvalue weighted by atomic mass is 9.86. The van der Waals surface area contributed by atoms with Gasteiger partial charge in [-0.3, -0.25) is 9.69 Å². The van der Waals surface area contributed by atoms with Gasteiger partial charge in [-0.15, -0.1) is 11.3 Å². The Labute approximate surface area is 245 Å². The van der Waals surface area contributed by atoms with Crippen molar-refractivity contribution in [3.8, 4) is 21.7 Å². The number of nitrogens with zero attached hydrogens (tertiary/aromatic N) is 4. The van der Waals surface area contributed by atoms with Crippen molar-refractivity contribution in [2.24, 2.45) is 5.92 Å².